The Morgan fingerprint density at radius 3 is 1.95 bits per heavy atom. The van der Waals surface area contributed by atoms with Crippen LogP contribution in [-0.4, -0.2) is 47.3 Å². The van der Waals surface area contributed by atoms with E-state index in [1.807, 2.05) is 0 Å². The average molecular weight is 335 g/mol. The van der Waals surface area contributed by atoms with Gasteiger partial charge >= 0.3 is 0 Å². The molecule has 6 nitrogen and oxygen atoms in total. The molecule has 0 aliphatic heterocycles. The van der Waals surface area contributed by atoms with Gasteiger partial charge in [-0.1, -0.05) is 45.4 Å². The van der Waals surface area contributed by atoms with E-state index in [4.69, 9.17) is 0 Å². The predicted molar refractivity (Wildman–Crippen MR) is 94.8 cm³/mol. The smallest absolute Gasteiger partial charge is 0.208 e. The molecule has 0 aromatic heterocycles. The molecule has 0 rings (SSSR count). The van der Waals surface area contributed by atoms with Crippen LogP contribution in [0.5, 0.6) is 0 Å². The molecule has 0 aromatic carbocycles. The van der Waals surface area contributed by atoms with E-state index < -0.39 is 10.0 Å². The summed E-state index contributed by atoms with van der Waals surface area (Å²) in [7, 11) is -1.34. The van der Waals surface area contributed by atoms with E-state index >= 15 is 0 Å². The second-order valence-corrected chi connectivity index (χ2v) is 7.40. The standard InChI is InChI=1S/C15H34N4O2S/c1-4-5-6-7-8-9-10-12-17-15(16-2)18-13-11-14-19-22(3,20)21/h19H,4-14H2,1-3H3,(H2,16,17,18). The molecule has 0 aromatic rings. The lowest BCUT2D eigenvalue weighted by atomic mass is 10.1. The lowest BCUT2D eigenvalue weighted by molar-refractivity contribution is 0.581. The van der Waals surface area contributed by atoms with E-state index in [0.717, 1.165) is 25.3 Å². The molecule has 0 radical (unpaired) electrons. The Hall–Kier alpha value is -0.820. The van der Waals surface area contributed by atoms with Crippen molar-refractivity contribution in [1.82, 2.24) is 15.4 Å². The van der Waals surface area contributed by atoms with Gasteiger partial charge in [0.2, 0.25) is 10.0 Å². The quantitative estimate of drug-likeness (QED) is 0.273. The van der Waals surface area contributed by atoms with Crippen LogP contribution in [0, 0.1) is 0 Å². The van der Waals surface area contributed by atoms with Crippen molar-refractivity contribution < 1.29 is 8.42 Å². The van der Waals surface area contributed by atoms with Gasteiger partial charge in [-0.05, 0) is 12.8 Å². The maximum atomic E-state index is 10.9. The van der Waals surface area contributed by atoms with Crippen molar-refractivity contribution in [2.75, 3.05) is 32.9 Å². The van der Waals surface area contributed by atoms with Gasteiger partial charge in [0.1, 0.15) is 0 Å². The van der Waals surface area contributed by atoms with Crippen molar-refractivity contribution in [2.24, 2.45) is 4.99 Å². The van der Waals surface area contributed by atoms with Crippen molar-refractivity contribution >= 4 is 16.0 Å². The summed E-state index contributed by atoms with van der Waals surface area (Å²) in [5.41, 5.74) is 0. The lowest BCUT2D eigenvalue weighted by Crippen LogP contribution is -2.39. The number of hydrogen-bond donors (Lipinski definition) is 3. The number of unbranched alkanes of at least 4 members (excludes halogenated alkanes) is 6. The highest BCUT2D eigenvalue weighted by molar-refractivity contribution is 7.88. The SMILES string of the molecule is CCCCCCCCCNC(=NC)NCCCNS(C)(=O)=O. The van der Waals surface area contributed by atoms with Crippen LogP contribution in [0.1, 0.15) is 58.3 Å². The molecule has 7 heteroatoms. The maximum absolute atomic E-state index is 10.9. The summed E-state index contributed by atoms with van der Waals surface area (Å²) in [6.07, 6.45) is 11.0. The van der Waals surface area contributed by atoms with Gasteiger partial charge in [0.05, 0.1) is 6.26 Å². The van der Waals surface area contributed by atoms with Crippen molar-refractivity contribution in [3.63, 3.8) is 0 Å². The van der Waals surface area contributed by atoms with E-state index in [1.165, 1.54) is 44.8 Å². The summed E-state index contributed by atoms with van der Waals surface area (Å²) in [6, 6.07) is 0. The molecule has 0 unspecified atom stereocenters. The van der Waals surface area contributed by atoms with Crippen LogP contribution in [0.15, 0.2) is 4.99 Å². The predicted octanol–water partition coefficient (Wildman–Crippen LogP) is 1.84. The highest BCUT2D eigenvalue weighted by Gasteiger charge is 2.00. The molecule has 0 bridgehead atoms. The Morgan fingerprint density at radius 1 is 0.864 bits per heavy atom. The summed E-state index contributed by atoms with van der Waals surface area (Å²) in [6.45, 7) is 4.30. The Kier molecular flexibility index (Phi) is 13.3. The first-order valence-electron chi connectivity index (χ1n) is 8.38. The second-order valence-electron chi connectivity index (χ2n) is 5.57. The zero-order chi connectivity index (χ0) is 16.7. The molecular weight excluding hydrogens is 300 g/mol. The Balaban J connectivity index is 3.48. The normalized spacial score (nSPS) is 12.4. The highest BCUT2D eigenvalue weighted by atomic mass is 32.2. The summed E-state index contributed by atoms with van der Waals surface area (Å²) >= 11 is 0. The maximum Gasteiger partial charge on any atom is 0.208 e. The molecule has 0 aliphatic rings. The summed E-state index contributed by atoms with van der Waals surface area (Å²) in [5, 5.41) is 6.46. The number of nitrogens with zero attached hydrogens (tertiary/aromatic N) is 1. The number of hydrogen-bond acceptors (Lipinski definition) is 3. The third-order valence-electron chi connectivity index (χ3n) is 3.31. The minimum absolute atomic E-state index is 0.445. The van der Waals surface area contributed by atoms with Crippen LogP contribution in [-0.2, 0) is 10.0 Å². The first kappa shape index (κ1) is 21.2. The van der Waals surface area contributed by atoms with Crippen LogP contribution in [0.4, 0.5) is 0 Å². The van der Waals surface area contributed by atoms with Crippen molar-refractivity contribution in [1.29, 1.82) is 0 Å². The van der Waals surface area contributed by atoms with E-state index in [2.05, 4.69) is 27.3 Å². The van der Waals surface area contributed by atoms with Gasteiger partial charge in [0.25, 0.3) is 0 Å². The third kappa shape index (κ3) is 15.6. The fraction of sp³-hybridized carbons (Fsp3) is 0.933. The zero-order valence-corrected chi connectivity index (χ0v) is 15.3. The number of guanidine groups is 1. The number of nitrogens with one attached hydrogen (secondary N) is 3. The van der Waals surface area contributed by atoms with Gasteiger partial charge in [-0.15, -0.1) is 0 Å². The summed E-state index contributed by atoms with van der Waals surface area (Å²) in [5.74, 6) is 0.783. The summed E-state index contributed by atoms with van der Waals surface area (Å²) in [4.78, 5) is 4.15. The molecule has 0 amide bonds. The first-order chi connectivity index (χ1) is 10.5. The molecule has 3 N–H and O–H groups in total. The average Bonchev–Trinajstić information content (AvgIpc) is 2.46. The molecule has 132 valence electrons. The van der Waals surface area contributed by atoms with Gasteiger partial charge in [0.15, 0.2) is 5.96 Å². The molecule has 0 atom stereocenters. The lowest BCUT2D eigenvalue weighted by Gasteiger charge is -2.11. The summed E-state index contributed by atoms with van der Waals surface area (Å²) < 4.78 is 24.3. The second kappa shape index (κ2) is 13.8. The fourth-order valence-electron chi connectivity index (χ4n) is 2.06. The Labute approximate surface area is 136 Å². The minimum atomic E-state index is -3.08. The zero-order valence-electron chi connectivity index (χ0n) is 14.5. The largest absolute Gasteiger partial charge is 0.356 e. The van der Waals surface area contributed by atoms with Gasteiger partial charge in [-0.2, -0.15) is 0 Å². The molecule has 0 heterocycles. The monoisotopic (exact) mass is 334 g/mol. The molecule has 0 saturated carbocycles. The molecule has 0 fully saturated rings. The van der Waals surface area contributed by atoms with Crippen LogP contribution in [0.2, 0.25) is 0 Å². The van der Waals surface area contributed by atoms with Gasteiger partial charge in [-0.25, -0.2) is 13.1 Å². The van der Waals surface area contributed by atoms with Crippen molar-refractivity contribution in [2.45, 2.75) is 58.3 Å². The Morgan fingerprint density at radius 2 is 1.41 bits per heavy atom. The molecule has 0 spiro atoms. The van der Waals surface area contributed by atoms with Gasteiger partial charge < -0.3 is 10.6 Å². The molecular formula is C15H34N4O2S. The van der Waals surface area contributed by atoms with Crippen LogP contribution in [0.3, 0.4) is 0 Å². The fourth-order valence-corrected chi connectivity index (χ4v) is 2.58. The van der Waals surface area contributed by atoms with Crippen LogP contribution >= 0.6 is 0 Å². The van der Waals surface area contributed by atoms with E-state index in [-0.39, 0.29) is 0 Å². The number of rotatable bonds is 13. The number of aliphatic imine (C=N–C) groups is 1. The molecule has 22 heavy (non-hydrogen) atoms. The van der Waals surface area contributed by atoms with Crippen molar-refractivity contribution in [3.05, 3.63) is 0 Å². The third-order valence-corrected chi connectivity index (χ3v) is 4.04. The van der Waals surface area contributed by atoms with Gasteiger partial charge in [0, 0.05) is 26.7 Å². The van der Waals surface area contributed by atoms with E-state index in [1.54, 1.807) is 7.05 Å². The van der Waals surface area contributed by atoms with E-state index in [9.17, 15) is 8.42 Å². The first-order valence-corrected chi connectivity index (χ1v) is 10.3. The van der Waals surface area contributed by atoms with Crippen molar-refractivity contribution in [3.8, 4) is 0 Å². The highest BCUT2D eigenvalue weighted by Crippen LogP contribution is 2.06. The van der Waals surface area contributed by atoms with Crippen LogP contribution < -0.4 is 15.4 Å². The molecule has 0 aliphatic carbocycles. The van der Waals surface area contributed by atoms with Gasteiger partial charge in [-0.3, -0.25) is 4.99 Å². The number of sulfonamides is 1. The van der Waals surface area contributed by atoms with E-state index in [0.29, 0.717) is 13.1 Å². The topological polar surface area (TPSA) is 82.6 Å². The Bertz CT molecular complexity index is 383. The minimum Gasteiger partial charge on any atom is -0.356 e. The van der Waals surface area contributed by atoms with Crippen LogP contribution in [0.25, 0.3) is 0 Å². The molecule has 0 saturated heterocycles.